The van der Waals surface area contributed by atoms with E-state index in [2.05, 4.69) is 50.6 Å². The molecule has 1 N–H and O–H groups in total. The first kappa shape index (κ1) is 14.2. The van der Waals surface area contributed by atoms with Crippen LogP contribution in [0.5, 0.6) is 0 Å². The second kappa shape index (κ2) is 5.70. The highest BCUT2D eigenvalue weighted by molar-refractivity contribution is 5.76. The molecule has 1 aliphatic rings. The fourth-order valence-electron chi connectivity index (χ4n) is 3.28. The van der Waals surface area contributed by atoms with Crippen LogP contribution in [-0.4, -0.2) is 25.6 Å². The van der Waals surface area contributed by atoms with Crippen LogP contribution in [0.4, 0.5) is 5.95 Å². The van der Waals surface area contributed by atoms with E-state index in [1.807, 2.05) is 34.9 Å². The Hall–Kier alpha value is -3.21. The van der Waals surface area contributed by atoms with Crippen LogP contribution in [0, 0.1) is 0 Å². The normalized spacial score (nSPS) is 19.0. The Kier molecular flexibility index (Phi) is 3.23. The van der Waals surface area contributed by atoms with Crippen molar-refractivity contribution < 1.29 is 0 Å². The molecule has 2 aromatic heterocycles. The standard InChI is InChI=1S/C20H17N5/c1-2-6-14(7-3-1)15-12-17(15)23-20-21-11-10-19(24-20)25-13-22-16-8-4-5-9-18(16)25/h1-11,13,15,17H,12H2,(H,21,23,24). The first-order valence-electron chi connectivity index (χ1n) is 8.45. The van der Waals surface area contributed by atoms with Gasteiger partial charge in [-0.15, -0.1) is 0 Å². The van der Waals surface area contributed by atoms with Crippen molar-refractivity contribution in [2.45, 2.75) is 18.4 Å². The summed E-state index contributed by atoms with van der Waals surface area (Å²) in [6.07, 6.45) is 4.71. The van der Waals surface area contributed by atoms with Gasteiger partial charge in [0, 0.05) is 18.2 Å². The number of fused-ring (bicyclic) bond motifs is 1. The maximum Gasteiger partial charge on any atom is 0.224 e. The number of benzene rings is 2. The molecule has 1 aliphatic carbocycles. The number of nitrogens with one attached hydrogen (secondary N) is 1. The van der Waals surface area contributed by atoms with Gasteiger partial charge in [0.15, 0.2) is 0 Å². The van der Waals surface area contributed by atoms with E-state index in [1.54, 1.807) is 12.5 Å². The molecule has 5 rings (SSSR count). The predicted octanol–water partition coefficient (Wildman–Crippen LogP) is 3.78. The van der Waals surface area contributed by atoms with Gasteiger partial charge in [0.2, 0.25) is 5.95 Å². The summed E-state index contributed by atoms with van der Waals surface area (Å²) >= 11 is 0. The zero-order valence-electron chi connectivity index (χ0n) is 13.6. The first-order valence-corrected chi connectivity index (χ1v) is 8.45. The Morgan fingerprint density at radius 3 is 2.68 bits per heavy atom. The lowest BCUT2D eigenvalue weighted by atomic mass is 10.1. The summed E-state index contributed by atoms with van der Waals surface area (Å²) in [5, 5.41) is 3.46. The summed E-state index contributed by atoms with van der Waals surface area (Å²) in [5.41, 5.74) is 3.37. The average molecular weight is 327 g/mol. The van der Waals surface area contributed by atoms with Crippen LogP contribution < -0.4 is 5.32 Å². The largest absolute Gasteiger partial charge is 0.351 e. The highest BCUT2D eigenvalue weighted by atomic mass is 15.2. The number of para-hydroxylation sites is 2. The molecule has 0 bridgehead atoms. The summed E-state index contributed by atoms with van der Waals surface area (Å²) in [7, 11) is 0. The molecule has 2 heterocycles. The van der Waals surface area contributed by atoms with Gasteiger partial charge in [-0.3, -0.25) is 4.57 Å². The van der Waals surface area contributed by atoms with Crippen LogP contribution in [0.2, 0.25) is 0 Å². The Morgan fingerprint density at radius 2 is 1.76 bits per heavy atom. The molecule has 2 unspecified atom stereocenters. The number of imidazole rings is 1. The van der Waals surface area contributed by atoms with Crippen LogP contribution in [0.15, 0.2) is 73.2 Å². The summed E-state index contributed by atoms with van der Waals surface area (Å²) in [6, 6.07) is 20.9. The van der Waals surface area contributed by atoms with Crippen LogP contribution >= 0.6 is 0 Å². The van der Waals surface area contributed by atoms with Gasteiger partial charge in [0.05, 0.1) is 11.0 Å². The van der Waals surface area contributed by atoms with Crippen LogP contribution in [0.25, 0.3) is 16.9 Å². The highest BCUT2D eigenvalue weighted by Crippen LogP contribution is 2.42. The molecule has 2 aromatic carbocycles. The van der Waals surface area contributed by atoms with Crippen molar-refractivity contribution in [3.8, 4) is 5.82 Å². The Balaban J connectivity index is 1.39. The van der Waals surface area contributed by atoms with Gasteiger partial charge >= 0.3 is 0 Å². The minimum atomic E-state index is 0.400. The van der Waals surface area contributed by atoms with E-state index in [4.69, 9.17) is 0 Å². The number of hydrogen-bond donors (Lipinski definition) is 1. The quantitative estimate of drug-likeness (QED) is 0.620. The Bertz CT molecular complexity index is 1020. The molecule has 0 amide bonds. The van der Waals surface area contributed by atoms with E-state index in [1.165, 1.54) is 5.56 Å². The Morgan fingerprint density at radius 1 is 0.920 bits per heavy atom. The van der Waals surface area contributed by atoms with Gasteiger partial charge in [0.1, 0.15) is 12.1 Å². The third kappa shape index (κ3) is 2.63. The maximum atomic E-state index is 4.67. The van der Waals surface area contributed by atoms with E-state index >= 15 is 0 Å². The van der Waals surface area contributed by atoms with E-state index in [0.717, 1.165) is 23.3 Å². The molecule has 122 valence electrons. The van der Waals surface area contributed by atoms with Gasteiger partial charge in [0.25, 0.3) is 0 Å². The molecule has 5 heteroatoms. The highest BCUT2D eigenvalue weighted by Gasteiger charge is 2.38. The monoisotopic (exact) mass is 327 g/mol. The van der Waals surface area contributed by atoms with Gasteiger partial charge in [-0.05, 0) is 30.2 Å². The van der Waals surface area contributed by atoms with Gasteiger partial charge < -0.3 is 5.32 Å². The molecule has 2 atom stereocenters. The summed E-state index contributed by atoms with van der Waals surface area (Å²) < 4.78 is 1.99. The molecular weight excluding hydrogens is 310 g/mol. The smallest absolute Gasteiger partial charge is 0.224 e. The zero-order chi connectivity index (χ0) is 16.6. The van der Waals surface area contributed by atoms with Crippen molar-refractivity contribution in [1.82, 2.24) is 19.5 Å². The number of aromatic nitrogens is 4. The summed E-state index contributed by atoms with van der Waals surface area (Å²) in [4.78, 5) is 13.5. The molecule has 5 nitrogen and oxygen atoms in total. The minimum Gasteiger partial charge on any atom is -0.351 e. The fraction of sp³-hybridized carbons (Fsp3) is 0.150. The molecule has 0 radical (unpaired) electrons. The lowest BCUT2D eigenvalue weighted by Crippen LogP contribution is -2.09. The van der Waals surface area contributed by atoms with Gasteiger partial charge in [-0.1, -0.05) is 42.5 Å². The number of rotatable bonds is 4. The Labute approximate surface area is 145 Å². The lowest BCUT2D eigenvalue weighted by Gasteiger charge is -2.07. The van der Waals surface area contributed by atoms with Crippen molar-refractivity contribution in [2.75, 3.05) is 5.32 Å². The van der Waals surface area contributed by atoms with Crippen LogP contribution in [-0.2, 0) is 0 Å². The van der Waals surface area contributed by atoms with Gasteiger partial charge in [-0.2, -0.15) is 4.98 Å². The van der Waals surface area contributed by atoms with Crippen LogP contribution in [0.3, 0.4) is 0 Å². The van der Waals surface area contributed by atoms with Crippen molar-refractivity contribution in [2.24, 2.45) is 0 Å². The molecule has 1 saturated carbocycles. The van der Waals surface area contributed by atoms with E-state index in [9.17, 15) is 0 Å². The molecule has 1 fully saturated rings. The third-order valence-corrected chi connectivity index (χ3v) is 4.67. The number of hydrogen-bond acceptors (Lipinski definition) is 4. The number of anilines is 1. The summed E-state index contributed by atoms with van der Waals surface area (Å²) in [6.45, 7) is 0. The van der Waals surface area contributed by atoms with E-state index in [0.29, 0.717) is 17.9 Å². The first-order chi connectivity index (χ1) is 12.4. The maximum absolute atomic E-state index is 4.67. The molecular formula is C20H17N5. The van der Waals surface area contributed by atoms with Crippen molar-refractivity contribution >= 4 is 17.0 Å². The molecule has 0 saturated heterocycles. The summed E-state index contributed by atoms with van der Waals surface area (Å²) in [5.74, 6) is 2.03. The predicted molar refractivity (Wildman–Crippen MR) is 97.9 cm³/mol. The van der Waals surface area contributed by atoms with E-state index in [-0.39, 0.29) is 0 Å². The zero-order valence-corrected chi connectivity index (χ0v) is 13.6. The average Bonchev–Trinajstić information content (AvgIpc) is 3.29. The molecule has 25 heavy (non-hydrogen) atoms. The molecule has 0 spiro atoms. The van der Waals surface area contributed by atoms with Crippen molar-refractivity contribution in [1.29, 1.82) is 0 Å². The molecule has 0 aliphatic heterocycles. The molecule has 4 aromatic rings. The third-order valence-electron chi connectivity index (χ3n) is 4.67. The lowest BCUT2D eigenvalue weighted by molar-refractivity contribution is 0.960. The second-order valence-corrected chi connectivity index (χ2v) is 6.35. The van der Waals surface area contributed by atoms with Gasteiger partial charge in [-0.25, -0.2) is 9.97 Å². The second-order valence-electron chi connectivity index (χ2n) is 6.35. The fourth-order valence-corrected chi connectivity index (χ4v) is 3.28. The van der Waals surface area contributed by atoms with Crippen LogP contribution in [0.1, 0.15) is 17.9 Å². The topological polar surface area (TPSA) is 55.6 Å². The SMILES string of the molecule is c1ccc(C2CC2Nc2nccc(-n3cnc4ccccc43)n2)cc1. The van der Waals surface area contributed by atoms with E-state index < -0.39 is 0 Å². The van der Waals surface area contributed by atoms with Crippen molar-refractivity contribution in [3.05, 3.63) is 78.8 Å². The minimum absolute atomic E-state index is 0.400. The van der Waals surface area contributed by atoms with Crippen molar-refractivity contribution in [3.63, 3.8) is 0 Å². The number of nitrogens with zero attached hydrogens (tertiary/aromatic N) is 4.